The van der Waals surface area contributed by atoms with E-state index >= 15 is 0 Å². The van der Waals surface area contributed by atoms with Crippen molar-refractivity contribution in [1.82, 2.24) is 9.88 Å². The molecule has 0 aliphatic carbocycles. The zero-order valence-electron chi connectivity index (χ0n) is 13.8. The van der Waals surface area contributed by atoms with Crippen molar-refractivity contribution in [1.29, 1.82) is 0 Å². The Kier molecular flexibility index (Phi) is 4.34. The molecule has 0 spiro atoms. The number of hydrogen-bond donors (Lipinski definition) is 1. The second-order valence-corrected chi connectivity index (χ2v) is 6.95. The highest BCUT2D eigenvalue weighted by Crippen LogP contribution is 2.35. The van der Waals surface area contributed by atoms with E-state index in [-0.39, 0.29) is 11.9 Å². The molecule has 1 aromatic heterocycles. The molecular weight excluding hydrogens is 394 g/mol. The van der Waals surface area contributed by atoms with Crippen molar-refractivity contribution in [2.45, 2.75) is 12.6 Å². The molecule has 2 aromatic carbocycles. The molecule has 1 aliphatic heterocycles. The van der Waals surface area contributed by atoms with Crippen LogP contribution in [0.1, 0.15) is 17.3 Å². The second kappa shape index (κ2) is 6.80. The number of anilines is 1. The van der Waals surface area contributed by atoms with Gasteiger partial charge in [-0.15, -0.1) is 0 Å². The number of rotatable bonds is 4. The van der Waals surface area contributed by atoms with E-state index in [0.717, 1.165) is 10.0 Å². The molecule has 1 unspecified atom stereocenters. The summed E-state index contributed by atoms with van der Waals surface area (Å²) in [5.41, 5.74) is 2.36. The van der Waals surface area contributed by atoms with Crippen molar-refractivity contribution in [2.24, 2.45) is 0 Å². The van der Waals surface area contributed by atoms with Gasteiger partial charge < -0.3 is 5.32 Å². The summed E-state index contributed by atoms with van der Waals surface area (Å²) in [6.45, 7) is 0.416. The highest BCUT2D eigenvalue weighted by Gasteiger charge is 2.41. The van der Waals surface area contributed by atoms with Crippen molar-refractivity contribution in [2.75, 3.05) is 4.90 Å². The largest absolute Gasteiger partial charge is 0.350 e. The number of nitrogens with one attached hydrogen (secondary N) is 1. The van der Waals surface area contributed by atoms with E-state index in [1.807, 2.05) is 60.7 Å². The third kappa shape index (κ3) is 2.93. The van der Waals surface area contributed by atoms with E-state index in [0.29, 0.717) is 17.9 Å². The van der Waals surface area contributed by atoms with Crippen LogP contribution < -0.4 is 10.2 Å². The second-order valence-electron chi connectivity index (χ2n) is 6.04. The molecule has 0 bridgehead atoms. The molecule has 0 saturated heterocycles. The predicted octanol–water partition coefficient (Wildman–Crippen LogP) is 4.10. The van der Waals surface area contributed by atoms with Gasteiger partial charge in [0.1, 0.15) is 0 Å². The fourth-order valence-electron chi connectivity index (χ4n) is 3.14. The standard InChI is InChI=1S/C20H16BrN3O2/c21-15-8-10-16(11-9-15)24-18(17-7-4-12-23(17)20(24)26)19(25)22-13-14-5-2-1-3-6-14/h1-12,18H,13H2,(H,22,25). The first-order valence-corrected chi connectivity index (χ1v) is 9.02. The highest BCUT2D eigenvalue weighted by molar-refractivity contribution is 9.10. The molecule has 2 heterocycles. The summed E-state index contributed by atoms with van der Waals surface area (Å²) in [5, 5.41) is 2.95. The Balaban J connectivity index is 1.63. The quantitative estimate of drug-likeness (QED) is 0.705. The van der Waals surface area contributed by atoms with Crippen molar-refractivity contribution in [3.05, 3.63) is 88.7 Å². The maximum Gasteiger partial charge on any atom is 0.333 e. The summed E-state index contributed by atoms with van der Waals surface area (Å²) in [6.07, 6.45) is 1.69. The van der Waals surface area contributed by atoms with E-state index < -0.39 is 6.04 Å². The van der Waals surface area contributed by atoms with Gasteiger partial charge in [0.2, 0.25) is 5.91 Å². The molecule has 2 amide bonds. The van der Waals surface area contributed by atoms with Crippen LogP contribution in [0, 0.1) is 0 Å². The van der Waals surface area contributed by atoms with Crippen molar-refractivity contribution in [3.8, 4) is 0 Å². The predicted molar refractivity (Wildman–Crippen MR) is 103 cm³/mol. The van der Waals surface area contributed by atoms with Crippen LogP contribution in [-0.2, 0) is 11.3 Å². The van der Waals surface area contributed by atoms with Gasteiger partial charge in [-0.2, -0.15) is 0 Å². The normalized spacial score (nSPS) is 15.8. The average Bonchev–Trinajstić information content (AvgIpc) is 3.24. The van der Waals surface area contributed by atoms with Gasteiger partial charge in [-0.05, 0) is 42.0 Å². The maximum absolute atomic E-state index is 12.9. The van der Waals surface area contributed by atoms with Crippen molar-refractivity contribution < 1.29 is 9.59 Å². The lowest BCUT2D eigenvalue weighted by Crippen LogP contribution is -2.39. The Morgan fingerprint density at radius 3 is 2.46 bits per heavy atom. The summed E-state index contributed by atoms with van der Waals surface area (Å²) in [4.78, 5) is 27.3. The number of benzene rings is 2. The fourth-order valence-corrected chi connectivity index (χ4v) is 3.41. The maximum atomic E-state index is 12.9. The molecule has 130 valence electrons. The smallest absolute Gasteiger partial charge is 0.333 e. The van der Waals surface area contributed by atoms with Crippen molar-refractivity contribution in [3.63, 3.8) is 0 Å². The Labute approximate surface area is 159 Å². The van der Waals surface area contributed by atoms with E-state index in [2.05, 4.69) is 21.2 Å². The molecule has 0 radical (unpaired) electrons. The Hall–Kier alpha value is -2.86. The third-order valence-electron chi connectivity index (χ3n) is 4.39. The molecule has 4 rings (SSSR count). The minimum atomic E-state index is -0.692. The number of halogens is 1. The van der Waals surface area contributed by atoms with Crippen LogP contribution in [0.2, 0.25) is 0 Å². The molecule has 1 atom stereocenters. The SMILES string of the molecule is O=C(NCc1ccccc1)C1c2cccn2C(=O)N1c1ccc(Br)cc1. The van der Waals surface area contributed by atoms with Crippen LogP contribution >= 0.6 is 15.9 Å². The first kappa shape index (κ1) is 16.6. The lowest BCUT2D eigenvalue weighted by molar-refractivity contribution is -0.122. The van der Waals surface area contributed by atoms with Crippen LogP contribution in [0.5, 0.6) is 0 Å². The van der Waals surface area contributed by atoms with Crippen LogP contribution in [0.25, 0.3) is 0 Å². The number of carbonyl (C=O) groups is 2. The molecule has 0 fully saturated rings. The lowest BCUT2D eigenvalue weighted by atomic mass is 10.1. The molecule has 0 saturated carbocycles. The van der Waals surface area contributed by atoms with E-state index in [1.54, 1.807) is 12.3 Å². The van der Waals surface area contributed by atoms with Gasteiger partial charge in [0.05, 0.1) is 5.69 Å². The summed E-state index contributed by atoms with van der Waals surface area (Å²) >= 11 is 3.40. The van der Waals surface area contributed by atoms with Crippen LogP contribution in [0.3, 0.4) is 0 Å². The van der Waals surface area contributed by atoms with Crippen LogP contribution in [0.15, 0.2) is 77.4 Å². The van der Waals surface area contributed by atoms with Gasteiger partial charge in [-0.3, -0.25) is 14.3 Å². The van der Waals surface area contributed by atoms with Gasteiger partial charge >= 0.3 is 6.03 Å². The Morgan fingerprint density at radius 1 is 1.00 bits per heavy atom. The zero-order valence-corrected chi connectivity index (χ0v) is 15.4. The zero-order chi connectivity index (χ0) is 18.1. The van der Waals surface area contributed by atoms with Crippen molar-refractivity contribution >= 4 is 33.6 Å². The first-order chi connectivity index (χ1) is 12.6. The number of fused-ring (bicyclic) bond motifs is 1. The number of amides is 2. The van der Waals surface area contributed by atoms with Gasteiger partial charge in [-0.25, -0.2) is 4.79 Å². The third-order valence-corrected chi connectivity index (χ3v) is 4.92. The fraction of sp³-hybridized carbons (Fsp3) is 0.100. The van der Waals surface area contributed by atoms with Gasteiger partial charge in [0.25, 0.3) is 0 Å². The lowest BCUT2D eigenvalue weighted by Gasteiger charge is -2.23. The minimum Gasteiger partial charge on any atom is -0.350 e. The van der Waals surface area contributed by atoms with Gasteiger partial charge in [0.15, 0.2) is 6.04 Å². The topological polar surface area (TPSA) is 54.3 Å². The van der Waals surface area contributed by atoms with Crippen LogP contribution in [-0.4, -0.2) is 16.5 Å². The summed E-state index contributed by atoms with van der Waals surface area (Å²) < 4.78 is 2.44. The van der Waals surface area contributed by atoms with Gasteiger partial charge in [0, 0.05) is 22.9 Å². The van der Waals surface area contributed by atoms with Gasteiger partial charge in [-0.1, -0.05) is 46.3 Å². The van der Waals surface area contributed by atoms with E-state index in [9.17, 15) is 9.59 Å². The number of carbonyl (C=O) groups excluding carboxylic acids is 2. The monoisotopic (exact) mass is 409 g/mol. The minimum absolute atomic E-state index is 0.206. The molecule has 1 N–H and O–H groups in total. The Morgan fingerprint density at radius 2 is 1.73 bits per heavy atom. The van der Waals surface area contributed by atoms with E-state index in [1.165, 1.54) is 9.47 Å². The molecule has 26 heavy (non-hydrogen) atoms. The summed E-state index contributed by atoms with van der Waals surface area (Å²) in [5.74, 6) is -0.206. The summed E-state index contributed by atoms with van der Waals surface area (Å²) in [6, 6.07) is 19.7. The number of aromatic nitrogens is 1. The number of nitrogens with zero attached hydrogens (tertiary/aromatic N) is 2. The van der Waals surface area contributed by atoms with Crippen LogP contribution in [0.4, 0.5) is 10.5 Å². The summed E-state index contributed by atoms with van der Waals surface area (Å²) in [7, 11) is 0. The average molecular weight is 410 g/mol. The van der Waals surface area contributed by atoms with E-state index in [4.69, 9.17) is 0 Å². The molecule has 1 aliphatic rings. The highest BCUT2D eigenvalue weighted by atomic mass is 79.9. The Bertz CT molecular complexity index is 951. The molecule has 5 nitrogen and oxygen atoms in total. The molecular formula is C20H16BrN3O2. The number of hydrogen-bond acceptors (Lipinski definition) is 2. The molecule has 6 heteroatoms. The molecule has 3 aromatic rings. The first-order valence-electron chi connectivity index (χ1n) is 8.23.